The molecule has 1 N–H and O–H groups in total. The lowest BCUT2D eigenvalue weighted by Crippen LogP contribution is -2.35. The Hall–Kier alpha value is -4.80. The second-order valence-corrected chi connectivity index (χ2v) is 12.4. The van der Waals surface area contributed by atoms with Crippen LogP contribution in [0.5, 0.6) is 0 Å². The topological polar surface area (TPSA) is 136 Å². The van der Waals surface area contributed by atoms with Gasteiger partial charge in [-0.3, -0.25) is 14.3 Å². The summed E-state index contributed by atoms with van der Waals surface area (Å²) in [4.78, 5) is 31.8. The van der Waals surface area contributed by atoms with Crippen molar-refractivity contribution >= 4 is 32.4 Å². The number of fused-ring (bicyclic) bond motifs is 2. The third-order valence-corrected chi connectivity index (χ3v) is 8.75. The van der Waals surface area contributed by atoms with Crippen LogP contribution in [0.25, 0.3) is 16.4 Å². The average molecular weight is 587 g/mol. The van der Waals surface area contributed by atoms with E-state index in [-0.39, 0.29) is 12.3 Å². The Morgan fingerprint density at radius 3 is 2.69 bits per heavy atom. The van der Waals surface area contributed by atoms with Gasteiger partial charge in [0.1, 0.15) is 5.56 Å². The number of hydrogen-bond acceptors (Lipinski definition) is 7. The van der Waals surface area contributed by atoms with Crippen molar-refractivity contribution in [2.24, 2.45) is 7.05 Å². The van der Waals surface area contributed by atoms with Gasteiger partial charge < -0.3 is 9.88 Å². The Balaban J connectivity index is 1.60. The molecule has 0 aliphatic carbocycles. The summed E-state index contributed by atoms with van der Waals surface area (Å²) >= 11 is 0. The fraction of sp³-hybridized carbons (Fsp3) is 0.276. The predicted molar refractivity (Wildman–Crippen MR) is 158 cm³/mol. The first-order chi connectivity index (χ1) is 20.0. The van der Waals surface area contributed by atoms with Crippen molar-refractivity contribution in [2.45, 2.75) is 26.4 Å². The quantitative estimate of drug-likeness (QED) is 0.288. The molecule has 12 nitrogen and oxygen atoms in total. The lowest BCUT2D eigenvalue weighted by Gasteiger charge is -2.22. The molecule has 0 fully saturated rings. The van der Waals surface area contributed by atoms with Gasteiger partial charge in [0.15, 0.2) is 5.65 Å². The number of benzene rings is 1. The maximum Gasteiger partial charge on any atom is 0.259 e. The fourth-order valence-corrected chi connectivity index (χ4v) is 5.51. The Labute approximate surface area is 242 Å². The molecule has 0 bridgehead atoms. The summed E-state index contributed by atoms with van der Waals surface area (Å²) in [6.45, 7) is 3.35. The fourth-order valence-electron chi connectivity index (χ4n) is 4.73. The maximum atomic E-state index is 14.1. The molecule has 4 aromatic heterocycles. The summed E-state index contributed by atoms with van der Waals surface area (Å²) < 4.78 is 31.0. The van der Waals surface area contributed by atoms with Crippen LogP contribution < -0.4 is 10.9 Å². The summed E-state index contributed by atoms with van der Waals surface area (Å²) in [5.41, 5.74) is 2.48. The highest BCUT2D eigenvalue weighted by molar-refractivity contribution is 7.89. The van der Waals surface area contributed by atoms with E-state index in [4.69, 9.17) is 0 Å². The van der Waals surface area contributed by atoms with Crippen molar-refractivity contribution in [3.05, 3.63) is 93.6 Å². The van der Waals surface area contributed by atoms with E-state index in [1.807, 2.05) is 0 Å². The van der Waals surface area contributed by atoms with Crippen LogP contribution >= 0.6 is 0 Å². The lowest BCUT2D eigenvalue weighted by atomic mass is 10.0. The summed E-state index contributed by atoms with van der Waals surface area (Å²) in [6.07, 6.45) is 6.69. The van der Waals surface area contributed by atoms with Gasteiger partial charge in [0.05, 0.1) is 34.6 Å². The normalized spacial score (nSPS) is 12.4. The Kier molecular flexibility index (Phi) is 7.68. The molecule has 5 aromatic rings. The smallest absolute Gasteiger partial charge is 0.259 e. The van der Waals surface area contributed by atoms with Crippen LogP contribution in [0.3, 0.4) is 0 Å². The monoisotopic (exact) mass is 586 g/mol. The molecule has 42 heavy (non-hydrogen) atoms. The van der Waals surface area contributed by atoms with E-state index < -0.39 is 27.5 Å². The molecule has 1 atom stereocenters. The minimum absolute atomic E-state index is 0.119. The van der Waals surface area contributed by atoms with E-state index in [2.05, 4.69) is 32.3 Å². The number of aryl methyl sites for hydroxylation is 2. The van der Waals surface area contributed by atoms with Gasteiger partial charge in [0.25, 0.3) is 11.5 Å². The molecular formula is C29H30N8O4S. The molecule has 216 valence electrons. The van der Waals surface area contributed by atoms with Gasteiger partial charge >= 0.3 is 0 Å². The first-order valence-electron chi connectivity index (χ1n) is 13.1. The van der Waals surface area contributed by atoms with Crippen molar-refractivity contribution in [3.8, 4) is 11.8 Å². The second kappa shape index (κ2) is 11.2. The molecule has 0 saturated heterocycles. The van der Waals surface area contributed by atoms with E-state index in [1.165, 1.54) is 23.2 Å². The third kappa shape index (κ3) is 5.54. The highest BCUT2D eigenvalue weighted by Crippen LogP contribution is 2.22. The Morgan fingerprint density at radius 2 is 1.98 bits per heavy atom. The number of hydrogen-bond donors (Lipinski definition) is 1. The minimum Gasteiger partial charge on any atom is -0.344 e. The maximum absolute atomic E-state index is 14.1. The number of carbonyl (C=O) groups excluding carboxylic acids is 1. The zero-order valence-corrected chi connectivity index (χ0v) is 24.7. The summed E-state index contributed by atoms with van der Waals surface area (Å²) in [6, 6.07) is 8.19. The van der Waals surface area contributed by atoms with Crippen molar-refractivity contribution in [1.29, 1.82) is 0 Å². The lowest BCUT2D eigenvalue weighted by molar-refractivity contribution is 0.0939. The number of nitrogens with one attached hydrogen (secondary N) is 1. The zero-order valence-electron chi connectivity index (χ0n) is 23.9. The average Bonchev–Trinajstić information content (AvgIpc) is 3.52. The van der Waals surface area contributed by atoms with Crippen LogP contribution in [0, 0.1) is 18.8 Å². The Bertz CT molecular complexity index is 2060. The highest BCUT2D eigenvalue weighted by atomic mass is 32.2. The highest BCUT2D eigenvalue weighted by Gasteiger charge is 2.24. The number of sulfonamides is 1. The van der Waals surface area contributed by atoms with Crippen molar-refractivity contribution in [2.75, 3.05) is 19.8 Å². The molecule has 0 aliphatic rings. The molecule has 0 aliphatic heterocycles. The van der Waals surface area contributed by atoms with E-state index in [0.29, 0.717) is 44.5 Å². The predicted octanol–water partition coefficient (Wildman–Crippen LogP) is 1.87. The molecule has 1 aromatic carbocycles. The van der Waals surface area contributed by atoms with Gasteiger partial charge in [-0.05, 0) is 37.4 Å². The number of pyridine rings is 1. The molecule has 0 saturated carbocycles. The first-order valence-corrected chi connectivity index (χ1v) is 14.8. The SMILES string of the molecule is Cc1nn2cccnc2c1C(=O)N[C@@H](C)c1cc2cccc(C#Cc3cnn(C)c3)c2c(=O)n1CCS(=O)(=O)N(C)C. The minimum atomic E-state index is -3.62. The number of nitrogens with zero attached hydrogens (tertiary/aromatic N) is 7. The van der Waals surface area contributed by atoms with Gasteiger partial charge in [0, 0.05) is 57.5 Å². The molecule has 4 heterocycles. The van der Waals surface area contributed by atoms with Crippen molar-refractivity contribution in [1.82, 2.24) is 38.6 Å². The van der Waals surface area contributed by atoms with E-state index in [1.54, 1.807) is 80.7 Å². The van der Waals surface area contributed by atoms with Gasteiger partial charge in [-0.15, -0.1) is 0 Å². The van der Waals surface area contributed by atoms with Crippen LogP contribution in [0.4, 0.5) is 0 Å². The van der Waals surface area contributed by atoms with E-state index in [9.17, 15) is 18.0 Å². The number of rotatable bonds is 7. The van der Waals surface area contributed by atoms with Gasteiger partial charge in [-0.1, -0.05) is 24.0 Å². The van der Waals surface area contributed by atoms with Crippen molar-refractivity contribution in [3.63, 3.8) is 0 Å². The first kappa shape index (κ1) is 28.7. The zero-order chi connectivity index (χ0) is 30.2. The molecule has 13 heteroatoms. The largest absolute Gasteiger partial charge is 0.344 e. The third-order valence-electron chi connectivity index (χ3n) is 6.93. The second-order valence-electron chi connectivity index (χ2n) is 10.1. The standard InChI is InChI=1S/C29H30N8O4S/c1-19(32-28(38)25-20(2)33-37-13-7-12-30-27(25)37)24-16-23-9-6-8-22(11-10-21-17-31-35(5)18-21)26(23)29(39)36(24)14-15-42(40,41)34(3)4/h6-9,12-13,16-19H,14-15H2,1-5H3,(H,32,38)/t19-/m0/s1. The molecule has 0 radical (unpaired) electrons. The molecule has 0 spiro atoms. The Morgan fingerprint density at radius 1 is 1.19 bits per heavy atom. The van der Waals surface area contributed by atoms with Gasteiger partial charge in [-0.25, -0.2) is 22.2 Å². The molecule has 1 amide bonds. The molecule has 5 rings (SSSR count). The van der Waals surface area contributed by atoms with Gasteiger partial charge in [0.2, 0.25) is 10.0 Å². The summed E-state index contributed by atoms with van der Waals surface area (Å²) in [5.74, 6) is 5.39. The van der Waals surface area contributed by atoms with Crippen LogP contribution in [-0.2, 0) is 23.6 Å². The number of aromatic nitrogens is 6. The van der Waals surface area contributed by atoms with Crippen LogP contribution in [0.2, 0.25) is 0 Å². The summed E-state index contributed by atoms with van der Waals surface area (Å²) in [5, 5.41) is 12.4. The van der Waals surface area contributed by atoms with Gasteiger partial charge in [-0.2, -0.15) is 10.2 Å². The molecular weight excluding hydrogens is 556 g/mol. The van der Waals surface area contributed by atoms with Crippen LogP contribution in [-0.4, -0.2) is 67.4 Å². The molecule has 0 unspecified atom stereocenters. The van der Waals surface area contributed by atoms with Crippen LogP contribution in [0.1, 0.15) is 45.8 Å². The van der Waals surface area contributed by atoms with E-state index in [0.717, 1.165) is 4.31 Å². The van der Waals surface area contributed by atoms with Crippen LogP contribution in [0.15, 0.2) is 59.9 Å². The number of carbonyl (C=O) groups is 1. The number of amides is 1. The van der Waals surface area contributed by atoms with E-state index >= 15 is 0 Å². The summed E-state index contributed by atoms with van der Waals surface area (Å²) in [7, 11) is 1.06. The van der Waals surface area contributed by atoms with Crippen molar-refractivity contribution < 1.29 is 13.2 Å².